The van der Waals surface area contributed by atoms with Gasteiger partial charge in [0.2, 0.25) is 5.83 Å². The predicted octanol–water partition coefficient (Wildman–Crippen LogP) is 3.05. The highest BCUT2D eigenvalue weighted by Crippen LogP contribution is 2.36. The number of hydrogen-bond donors (Lipinski definition) is 1. The molecule has 2 rings (SSSR count). The van der Waals surface area contributed by atoms with Gasteiger partial charge >= 0.3 is 5.97 Å². The normalized spacial score (nSPS) is 17.5. The average Bonchev–Trinajstić information content (AvgIpc) is 2.59. The minimum Gasteiger partial charge on any atom is -0.476 e. The average molecular weight is 227 g/mol. The van der Waals surface area contributed by atoms with Crippen molar-refractivity contribution in [3.63, 3.8) is 0 Å². The van der Waals surface area contributed by atoms with Gasteiger partial charge in [-0.3, -0.25) is 0 Å². The van der Waals surface area contributed by atoms with Crippen LogP contribution in [0.3, 0.4) is 0 Å². The summed E-state index contributed by atoms with van der Waals surface area (Å²) in [6.45, 7) is 0. The zero-order valence-electron chi connectivity index (χ0n) is 7.76. The van der Waals surface area contributed by atoms with Crippen LogP contribution in [0.25, 0.3) is 5.57 Å². The Labute approximate surface area is 91.0 Å². The van der Waals surface area contributed by atoms with E-state index < -0.39 is 11.8 Å². The maximum absolute atomic E-state index is 13.3. The Morgan fingerprint density at radius 1 is 1.40 bits per heavy atom. The largest absolute Gasteiger partial charge is 0.476 e. The van der Waals surface area contributed by atoms with Crippen molar-refractivity contribution in [3.05, 3.63) is 40.2 Å². The van der Waals surface area contributed by atoms with Crippen molar-refractivity contribution in [3.8, 4) is 0 Å². The fourth-order valence-corrected chi connectivity index (χ4v) is 2.01. The molecule has 1 N–H and O–H groups in total. The Bertz CT molecular complexity index is 466. The number of aryl methyl sites for hydroxylation is 1. The van der Waals surface area contributed by atoms with Gasteiger partial charge in [-0.05, 0) is 36.1 Å². The second kappa shape index (κ2) is 3.66. The zero-order chi connectivity index (χ0) is 11.0. The maximum Gasteiger partial charge on any atom is 0.365 e. The first-order chi connectivity index (χ1) is 7.09. The third kappa shape index (κ3) is 1.75. The molecule has 0 unspecified atom stereocenters. The molecule has 0 radical (unpaired) electrons. The van der Waals surface area contributed by atoms with Gasteiger partial charge in [0, 0.05) is 10.6 Å². The summed E-state index contributed by atoms with van der Waals surface area (Å²) in [4.78, 5) is 10.5. The van der Waals surface area contributed by atoms with Crippen molar-refractivity contribution < 1.29 is 14.3 Å². The van der Waals surface area contributed by atoms with E-state index in [0.29, 0.717) is 23.4 Å². The van der Waals surface area contributed by atoms with Crippen LogP contribution in [0.2, 0.25) is 5.02 Å². The predicted molar refractivity (Wildman–Crippen MR) is 55.4 cm³/mol. The van der Waals surface area contributed by atoms with Gasteiger partial charge in [0.15, 0.2) is 0 Å². The van der Waals surface area contributed by atoms with E-state index in [1.165, 1.54) is 0 Å². The lowest BCUT2D eigenvalue weighted by Gasteiger charge is -2.01. The molecular formula is C11H8ClFO2. The summed E-state index contributed by atoms with van der Waals surface area (Å²) in [6, 6.07) is 5.06. The molecule has 15 heavy (non-hydrogen) atoms. The van der Waals surface area contributed by atoms with Crippen LogP contribution in [-0.2, 0) is 11.2 Å². The highest BCUT2D eigenvalue weighted by molar-refractivity contribution is 6.30. The van der Waals surface area contributed by atoms with Crippen LogP contribution < -0.4 is 0 Å². The fourth-order valence-electron chi connectivity index (χ4n) is 1.81. The number of benzene rings is 1. The second-order valence-electron chi connectivity index (χ2n) is 3.40. The lowest BCUT2D eigenvalue weighted by atomic mass is 10.1. The summed E-state index contributed by atoms with van der Waals surface area (Å²) in [5, 5.41) is 9.15. The molecule has 0 saturated carbocycles. The lowest BCUT2D eigenvalue weighted by molar-refractivity contribution is -0.134. The SMILES string of the molecule is O=C(O)/C(F)=C1/CCc2cc(Cl)ccc21. The Morgan fingerprint density at radius 2 is 2.13 bits per heavy atom. The van der Waals surface area contributed by atoms with Gasteiger partial charge in [0.25, 0.3) is 0 Å². The molecule has 2 nitrogen and oxygen atoms in total. The van der Waals surface area contributed by atoms with Gasteiger partial charge in [-0.2, -0.15) is 4.39 Å². The van der Waals surface area contributed by atoms with Crippen molar-refractivity contribution >= 4 is 23.1 Å². The molecule has 1 aromatic rings. The number of halogens is 2. The molecule has 0 saturated heterocycles. The summed E-state index contributed by atoms with van der Waals surface area (Å²) in [6.07, 6.45) is 1.07. The van der Waals surface area contributed by atoms with Crippen LogP contribution in [0, 0.1) is 0 Å². The van der Waals surface area contributed by atoms with E-state index in [1.807, 2.05) is 0 Å². The van der Waals surface area contributed by atoms with Crippen molar-refractivity contribution in [1.82, 2.24) is 0 Å². The van der Waals surface area contributed by atoms with Crippen LogP contribution in [0.4, 0.5) is 4.39 Å². The van der Waals surface area contributed by atoms with E-state index in [9.17, 15) is 9.18 Å². The monoisotopic (exact) mass is 226 g/mol. The number of rotatable bonds is 1. The van der Waals surface area contributed by atoms with E-state index in [0.717, 1.165) is 5.56 Å². The number of carbonyl (C=O) groups is 1. The first kappa shape index (κ1) is 10.2. The molecule has 1 aliphatic carbocycles. The third-order valence-electron chi connectivity index (χ3n) is 2.49. The highest BCUT2D eigenvalue weighted by Gasteiger charge is 2.23. The molecule has 1 aliphatic rings. The molecule has 0 atom stereocenters. The Balaban J connectivity index is 2.54. The number of fused-ring (bicyclic) bond motifs is 1. The fraction of sp³-hybridized carbons (Fsp3) is 0.182. The summed E-state index contributed by atoms with van der Waals surface area (Å²) in [7, 11) is 0. The van der Waals surface area contributed by atoms with Crippen LogP contribution in [0.15, 0.2) is 24.0 Å². The van der Waals surface area contributed by atoms with E-state index >= 15 is 0 Å². The Kier molecular flexibility index (Phi) is 2.49. The number of hydrogen-bond acceptors (Lipinski definition) is 1. The molecule has 0 fully saturated rings. The van der Waals surface area contributed by atoms with E-state index in [-0.39, 0.29) is 5.57 Å². The Morgan fingerprint density at radius 3 is 2.80 bits per heavy atom. The second-order valence-corrected chi connectivity index (χ2v) is 3.84. The summed E-state index contributed by atoms with van der Waals surface area (Å²) in [5.41, 5.74) is 1.85. The standard InChI is InChI=1S/C11H8ClFO2/c12-7-2-4-8-6(5-7)1-3-9(8)10(13)11(14)15/h2,4-5H,1,3H2,(H,14,15)/b10-9+. The van der Waals surface area contributed by atoms with Crippen LogP contribution in [0.1, 0.15) is 17.5 Å². The number of carboxylic acids is 1. The number of allylic oxidation sites excluding steroid dienone is 1. The molecule has 0 spiro atoms. The van der Waals surface area contributed by atoms with E-state index in [4.69, 9.17) is 16.7 Å². The Hall–Kier alpha value is -1.35. The van der Waals surface area contributed by atoms with Gasteiger partial charge in [-0.15, -0.1) is 0 Å². The van der Waals surface area contributed by atoms with E-state index in [1.54, 1.807) is 18.2 Å². The lowest BCUT2D eigenvalue weighted by Crippen LogP contribution is -1.97. The molecular weight excluding hydrogens is 219 g/mol. The minimum absolute atomic E-state index is 0.272. The number of aliphatic carboxylic acids is 1. The highest BCUT2D eigenvalue weighted by atomic mass is 35.5. The van der Waals surface area contributed by atoms with Crippen LogP contribution >= 0.6 is 11.6 Å². The first-order valence-corrected chi connectivity index (χ1v) is 4.88. The van der Waals surface area contributed by atoms with Crippen LogP contribution in [0.5, 0.6) is 0 Å². The molecule has 0 aromatic heterocycles. The first-order valence-electron chi connectivity index (χ1n) is 4.50. The summed E-state index contributed by atoms with van der Waals surface area (Å²) in [5.74, 6) is -2.57. The summed E-state index contributed by atoms with van der Waals surface area (Å²) >= 11 is 5.79. The van der Waals surface area contributed by atoms with Crippen molar-refractivity contribution in [2.24, 2.45) is 0 Å². The van der Waals surface area contributed by atoms with Crippen LogP contribution in [-0.4, -0.2) is 11.1 Å². The topological polar surface area (TPSA) is 37.3 Å². The maximum atomic E-state index is 13.3. The molecule has 0 aliphatic heterocycles. The molecule has 0 heterocycles. The third-order valence-corrected chi connectivity index (χ3v) is 2.72. The van der Waals surface area contributed by atoms with Crippen molar-refractivity contribution in [1.29, 1.82) is 0 Å². The minimum atomic E-state index is -1.51. The molecule has 1 aromatic carbocycles. The molecule has 0 amide bonds. The van der Waals surface area contributed by atoms with Crippen molar-refractivity contribution in [2.75, 3.05) is 0 Å². The molecule has 4 heteroatoms. The van der Waals surface area contributed by atoms with Gasteiger partial charge < -0.3 is 5.11 Å². The number of carboxylic acid groups (broad SMARTS) is 1. The van der Waals surface area contributed by atoms with Gasteiger partial charge in [0.05, 0.1) is 0 Å². The quantitative estimate of drug-likeness (QED) is 0.748. The van der Waals surface area contributed by atoms with Crippen molar-refractivity contribution in [2.45, 2.75) is 12.8 Å². The summed E-state index contributed by atoms with van der Waals surface area (Å²) < 4.78 is 13.3. The van der Waals surface area contributed by atoms with Gasteiger partial charge in [-0.1, -0.05) is 17.7 Å². The zero-order valence-corrected chi connectivity index (χ0v) is 8.51. The smallest absolute Gasteiger partial charge is 0.365 e. The molecule has 78 valence electrons. The van der Waals surface area contributed by atoms with Gasteiger partial charge in [0.1, 0.15) is 0 Å². The van der Waals surface area contributed by atoms with E-state index in [2.05, 4.69) is 0 Å². The van der Waals surface area contributed by atoms with Gasteiger partial charge in [-0.25, -0.2) is 4.79 Å². The molecule has 0 bridgehead atoms.